The molecule has 8 atom stereocenters. The molecular weight excluding hydrogens is 888 g/mol. The molecule has 4 aromatic rings. The third kappa shape index (κ3) is 11.6. The number of imidazole rings is 1. The molecule has 0 saturated carbocycles. The van der Waals surface area contributed by atoms with Gasteiger partial charge in [0.15, 0.2) is 31.5 Å². The minimum atomic E-state index is -4.84. The zero-order valence-electron chi connectivity index (χ0n) is 37.0. The molecule has 2 aliphatic rings. The summed E-state index contributed by atoms with van der Waals surface area (Å²) in [6.45, 7) is 11.0. The van der Waals surface area contributed by atoms with Crippen molar-refractivity contribution >= 4 is 50.8 Å². The van der Waals surface area contributed by atoms with E-state index in [2.05, 4.69) is 25.3 Å². The fourth-order valence-corrected chi connectivity index (χ4v) is 9.49. The van der Waals surface area contributed by atoms with Crippen LogP contribution in [-0.4, -0.2) is 110 Å². The van der Waals surface area contributed by atoms with E-state index in [4.69, 9.17) is 32.2 Å². The molecule has 350 valence electrons. The molecule has 2 fully saturated rings. The van der Waals surface area contributed by atoms with E-state index >= 15 is 0 Å². The number of hydrogen-bond donors (Lipinski definition) is 3. The summed E-state index contributed by atoms with van der Waals surface area (Å²) in [7, 11) is -7.64. The number of benzene rings is 1. The number of nitrogens with one attached hydrogen (secondary N) is 2. The second-order valence-corrected chi connectivity index (χ2v) is 23.5. The van der Waals surface area contributed by atoms with Crippen LogP contribution < -0.4 is 16.6 Å². The van der Waals surface area contributed by atoms with E-state index in [1.165, 1.54) is 37.3 Å². The molecular formula is C41H53N8O14PSi. The fourth-order valence-electron chi connectivity index (χ4n) is 6.81. The highest BCUT2D eigenvalue weighted by molar-refractivity contribution is 7.48. The van der Waals surface area contributed by atoms with Crippen LogP contribution in [0.2, 0.25) is 18.1 Å². The van der Waals surface area contributed by atoms with Gasteiger partial charge < -0.3 is 33.9 Å². The van der Waals surface area contributed by atoms with Crippen LogP contribution >= 0.6 is 7.82 Å². The quantitative estimate of drug-likeness (QED) is 0.0513. The number of ether oxygens (including phenoxy) is 3. The summed E-state index contributed by atoms with van der Waals surface area (Å²) in [6, 6.07) is 10.4. The minimum Gasteiger partial charge on any atom is -0.459 e. The number of aromatic nitrogens is 6. The maximum Gasteiger partial charge on any atom is 0.475 e. The molecule has 1 unspecified atom stereocenters. The highest BCUT2D eigenvalue weighted by Crippen LogP contribution is 2.55. The van der Waals surface area contributed by atoms with Crippen LogP contribution in [0.5, 0.6) is 0 Å². The number of phosphoric acid groups is 1. The van der Waals surface area contributed by atoms with E-state index in [0.29, 0.717) is 5.56 Å². The average molecular weight is 941 g/mol. The van der Waals surface area contributed by atoms with Crippen molar-refractivity contribution in [1.82, 2.24) is 29.1 Å². The van der Waals surface area contributed by atoms with E-state index in [9.17, 15) is 38.9 Å². The maximum absolute atomic E-state index is 14.9. The van der Waals surface area contributed by atoms with Gasteiger partial charge in [-0.2, -0.15) is 5.26 Å². The van der Waals surface area contributed by atoms with Crippen LogP contribution in [0.15, 0.2) is 58.8 Å². The van der Waals surface area contributed by atoms with Gasteiger partial charge >= 0.3 is 19.5 Å². The number of nitriles is 1. The smallest absolute Gasteiger partial charge is 0.459 e. The Balaban J connectivity index is 1.32. The normalized spacial score (nSPS) is 23.2. The van der Waals surface area contributed by atoms with E-state index in [-0.39, 0.29) is 54.0 Å². The summed E-state index contributed by atoms with van der Waals surface area (Å²) in [5.41, 5.74) is -0.404. The first kappa shape index (κ1) is 49.2. The van der Waals surface area contributed by atoms with Gasteiger partial charge in [-0.3, -0.25) is 42.1 Å². The summed E-state index contributed by atoms with van der Waals surface area (Å²) in [5, 5.41) is 22.5. The number of nitrogens with zero attached hydrogens (tertiary/aromatic N) is 6. The Hall–Kier alpha value is -5.28. The molecule has 3 aromatic heterocycles. The lowest BCUT2D eigenvalue weighted by Gasteiger charge is -2.40. The van der Waals surface area contributed by atoms with Crippen molar-refractivity contribution in [2.24, 2.45) is 0 Å². The van der Waals surface area contributed by atoms with Crippen LogP contribution in [0.3, 0.4) is 0 Å². The monoisotopic (exact) mass is 940 g/mol. The standard InChI is InChI=1S/C41H53N8O14PSi/c1-24-19-48(40(55)47-37(24)53)30-18-27(60-31(52)15-14-25(2)51)29(59-30)21-58-64(56,57-17-11-16-42)62-33-28(20-50)61-39(34(33)63-65(6,7)41(3,4)5)49-23-45-32-35(43-22-44-36(32)49)46-38(54)26-12-9-8-10-13-26/h8-10,12-13,19,22-23,27-30,33-34,39,50H,11,14-15,17-18,20-21H2,1-7H3,(H,47,53,55)(H,43,44,46,54)/t27-,28+,29+,30+,33+,34+,39+,64?/m0/s1. The molecule has 6 rings (SSSR count). The maximum atomic E-state index is 14.9. The van der Waals surface area contributed by atoms with Crippen LogP contribution in [0, 0.1) is 18.3 Å². The molecule has 0 aliphatic carbocycles. The number of H-pyrrole nitrogens is 1. The van der Waals surface area contributed by atoms with E-state index < -0.39 is 107 Å². The lowest BCUT2D eigenvalue weighted by molar-refractivity contribution is -0.153. The summed E-state index contributed by atoms with van der Waals surface area (Å²) in [5.74, 6) is -1.32. The first-order valence-corrected chi connectivity index (χ1v) is 25.2. The zero-order valence-corrected chi connectivity index (χ0v) is 38.9. The Morgan fingerprint density at radius 2 is 1.78 bits per heavy atom. The molecule has 2 saturated heterocycles. The Kier molecular flexibility index (Phi) is 15.5. The van der Waals surface area contributed by atoms with Crippen molar-refractivity contribution in [3.63, 3.8) is 0 Å². The van der Waals surface area contributed by atoms with Crippen molar-refractivity contribution in [3.8, 4) is 6.07 Å². The molecule has 2 aliphatic heterocycles. The second-order valence-electron chi connectivity index (χ2n) is 17.1. The fraction of sp³-hybridized carbons (Fsp3) is 0.537. The topological polar surface area (TPSA) is 287 Å². The first-order chi connectivity index (χ1) is 30.7. The number of phosphoric ester groups is 1. The van der Waals surface area contributed by atoms with Crippen LogP contribution in [0.4, 0.5) is 5.82 Å². The number of amides is 1. The lowest BCUT2D eigenvalue weighted by Crippen LogP contribution is -2.49. The first-order valence-electron chi connectivity index (χ1n) is 20.8. The van der Waals surface area contributed by atoms with Crippen LogP contribution in [0.25, 0.3) is 11.2 Å². The van der Waals surface area contributed by atoms with Gasteiger partial charge in [0.05, 0.1) is 45.1 Å². The van der Waals surface area contributed by atoms with Crippen molar-refractivity contribution in [3.05, 3.63) is 81.1 Å². The van der Waals surface area contributed by atoms with Crippen molar-refractivity contribution < 1.29 is 56.3 Å². The number of carbonyl (C=O) groups is 3. The predicted octanol–water partition coefficient (Wildman–Crippen LogP) is 4.23. The van der Waals surface area contributed by atoms with Gasteiger partial charge in [-0.05, 0) is 44.1 Å². The number of anilines is 1. The second kappa shape index (κ2) is 20.5. The van der Waals surface area contributed by atoms with Crippen LogP contribution in [0.1, 0.15) is 81.8 Å². The molecule has 0 spiro atoms. The van der Waals surface area contributed by atoms with Crippen LogP contribution in [-0.2, 0) is 46.4 Å². The molecule has 65 heavy (non-hydrogen) atoms. The number of carbonyl (C=O) groups excluding carboxylic acids is 3. The Labute approximate surface area is 374 Å². The van der Waals surface area contributed by atoms with Crippen molar-refractivity contribution in [1.29, 1.82) is 5.26 Å². The Morgan fingerprint density at radius 3 is 2.46 bits per heavy atom. The number of esters is 1. The number of fused-ring (bicyclic) bond motifs is 1. The summed E-state index contributed by atoms with van der Waals surface area (Å²) in [6.07, 6.45) is -5.11. The highest BCUT2D eigenvalue weighted by atomic mass is 31.2. The summed E-state index contributed by atoms with van der Waals surface area (Å²) < 4.78 is 60.7. The number of aromatic amines is 1. The zero-order chi connectivity index (χ0) is 47.3. The number of aliphatic hydroxyl groups excluding tert-OH is 1. The van der Waals surface area contributed by atoms with E-state index in [0.717, 1.165) is 4.57 Å². The Bertz CT molecular complexity index is 2570. The van der Waals surface area contributed by atoms with Gasteiger partial charge in [0, 0.05) is 30.2 Å². The van der Waals surface area contributed by atoms with E-state index in [1.807, 2.05) is 39.9 Å². The predicted molar refractivity (Wildman–Crippen MR) is 232 cm³/mol. The van der Waals surface area contributed by atoms with Crippen molar-refractivity contribution in [2.75, 3.05) is 25.1 Å². The number of hydrogen-bond acceptors (Lipinski definition) is 18. The largest absolute Gasteiger partial charge is 0.475 e. The molecule has 0 radical (unpaired) electrons. The molecule has 3 N–H and O–H groups in total. The van der Waals surface area contributed by atoms with Crippen molar-refractivity contribution in [2.45, 2.75) is 121 Å². The average Bonchev–Trinajstić information content (AvgIpc) is 3.96. The molecule has 22 nitrogen and oxygen atoms in total. The van der Waals surface area contributed by atoms with Gasteiger partial charge in [-0.1, -0.05) is 39.0 Å². The Morgan fingerprint density at radius 1 is 1.05 bits per heavy atom. The number of Topliss-reactive ketones (excluding diaryl/α,β-unsaturated/α-hetero) is 1. The van der Waals surface area contributed by atoms with E-state index in [1.54, 1.807) is 30.3 Å². The van der Waals surface area contributed by atoms with Gasteiger partial charge in [0.1, 0.15) is 48.9 Å². The third-order valence-corrected chi connectivity index (χ3v) is 17.3. The van der Waals surface area contributed by atoms with Gasteiger partial charge in [-0.15, -0.1) is 0 Å². The van der Waals surface area contributed by atoms with Gasteiger partial charge in [0.2, 0.25) is 0 Å². The van der Waals surface area contributed by atoms with Gasteiger partial charge in [-0.25, -0.2) is 24.3 Å². The number of rotatable bonds is 19. The minimum absolute atomic E-state index is 0.0895. The number of aliphatic hydroxyl groups is 1. The number of ketones is 1. The highest BCUT2D eigenvalue weighted by Gasteiger charge is 2.55. The molecule has 24 heteroatoms. The van der Waals surface area contributed by atoms with Gasteiger partial charge in [0.25, 0.3) is 11.5 Å². The summed E-state index contributed by atoms with van der Waals surface area (Å²) in [4.78, 5) is 78.0. The molecule has 1 aromatic carbocycles. The summed E-state index contributed by atoms with van der Waals surface area (Å²) >= 11 is 0. The number of aryl methyl sites for hydroxylation is 1. The molecule has 1 amide bonds. The molecule has 0 bridgehead atoms. The lowest BCUT2D eigenvalue weighted by atomic mass is 10.1. The molecule has 5 heterocycles. The SMILES string of the molecule is CC(=O)CCC(=O)O[C@H]1C[C@H](n2cc(C)c(=O)[nH]c2=O)O[C@@H]1COP(=O)(OCCC#N)O[C@H]1[C@@H](O[Si](C)(C)C(C)(C)C)[C@H](n2cnc3c(NC(=O)c4ccccc4)ncnc32)O[C@@H]1CO. The third-order valence-electron chi connectivity index (χ3n) is 11.3.